The van der Waals surface area contributed by atoms with Crippen LogP contribution in [-0.4, -0.2) is 25.1 Å². The fourth-order valence-corrected chi connectivity index (χ4v) is 4.81. The molecule has 1 aromatic carbocycles. The molecule has 6 nitrogen and oxygen atoms in total. The van der Waals surface area contributed by atoms with Gasteiger partial charge in [0, 0.05) is 40.3 Å². The molecular formula is C33H34N6. The second-order valence-corrected chi connectivity index (χ2v) is 10.9. The van der Waals surface area contributed by atoms with E-state index in [0.29, 0.717) is 0 Å². The maximum Gasteiger partial charge on any atom is 0.135 e. The average Bonchev–Trinajstić information content (AvgIpc) is 3.54. The Kier molecular flexibility index (Phi) is 7.03. The first-order chi connectivity index (χ1) is 18.8. The second-order valence-electron chi connectivity index (χ2n) is 10.9. The van der Waals surface area contributed by atoms with Crippen LogP contribution in [-0.2, 0) is 0 Å². The van der Waals surface area contributed by atoms with E-state index < -0.39 is 0 Å². The summed E-state index contributed by atoms with van der Waals surface area (Å²) in [4.78, 5) is 12.9. The summed E-state index contributed by atoms with van der Waals surface area (Å²) < 4.78 is 0. The van der Waals surface area contributed by atoms with Crippen molar-refractivity contribution in [2.75, 3.05) is 0 Å². The van der Waals surface area contributed by atoms with Crippen LogP contribution in [0.3, 0.4) is 0 Å². The van der Waals surface area contributed by atoms with Gasteiger partial charge in [0.25, 0.3) is 0 Å². The van der Waals surface area contributed by atoms with E-state index in [2.05, 4.69) is 102 Å². The lowest BCUT2D eigenvalue weighted by molar-refractivity contribution is 0.403. The SMILES string of the molecule is C=C/C(=C\C(=C/C)c1ccc2[nH]nc(-c3cc4c(-c5cccnc5)cccc4[nH]3)c2n1)NC(=C)CC(C)(C)C. The number of hydrogen-bond acceptors (Lipinski definition) is 4. The molecule has 4 aromatic heterocycles. The van der Waals surface area contributed by atoms with Gasteiger partial charge in [0.2, 0.25) is 0 Å². The highest BCUT2D eigenvalue weighted by Gasteiger charge is 2.16. The summed E-state index contributed by atoms with van der Waals surface area (Å²) in [6, 6.07) is 16.4. The van der Waals surface area contributed by atoms with Crippen LogP contribution in [0, 0.1) is 5.41 Å². The predicted octanol–water partition coefficient (Wildman–Crippen LogP) is 8.18. The zero-order valence-electron chi connectivity index (χ0n) is 23.0. The largest absolute Gasteiger partial charge is 0.359 e. The van der Waals surface area contributed by atoms with E-state index in [-0.39, 0.29) is 5.41 Å². The highest BCUT2D eigenvalue weighted by Crippen LogP contribution is 2.34. The molecule has 0 bridgehead atoms. The lowest BCUT2D eigenvalue weighted by Gasteiger charge is -2.21. The van der Waals surface area contributed by atoms with Crippen molar-refractivity contribution in [2.24, 2.45) is 5.41 Å². The summed E-state index contributed by atoms with van der Waals surface area (Å²) in [6.07, 6.45) is 10.4. The van der Waals surface area contributed by atoms with Crippen molar-refractivity contribution in [1.29, 1.82) is 0 Å². The molecule has 39 heavy (non-hydrogen) atoms. The molecule has 196 valence electrons. The predicted molar refractivity (Wildman–Crippen MR) is 163 cm³/mol. The molecule has 0 radical (unpaired) electrons. The Balaban J connectivity index is 1.51. The highest BCUT2D eigenvalue weighted by atomic mass is 15.1. The van der Waals surface area contributed by atoms with Gasteiger partial charge in [-0.1, -0.05) is 58.2 Å². The number of aromatic amines is 2. The van der Waals surface area contributed by atoms with E-state index in [1.807, 2.05) is 37.4 Å². The van der Waals surface area contributed by atoms with E-state index in [1.54, 1.807) is 6.20 Å². The monoisotopic (exact) mass is 514 g/mol. The number of aromatic nitrogens is 5. The van der Waals surface area contributed by atoms with Crippen molar-refractivity contribution in [2.45, 2.75) is 34.1 Å². The van der Waals surface area contributed by atoms with Crippen molar-refractivity contribution in [3.63, 3.8) is 0 Å². The van der Waals surface area contributed by atoms with Crippen LogP contribution in [0.4, 0.5) is 0 Å². The molecule has 0 atom stereocenters. The van der Waals surface area contributed by atoms with E-state index in [1.165, 1.54) is 0 Å². The van der Waals surface area contributed by atoms with E-state index in [9.17, 15) is 0 Å². The fraction of sp³-hybridized carbons (Fsp3) is 0.182. The summed E-state index contributed by atoms with van der Waals surface area (Å²) >= 11 is 0. The number of H-pyrrole nitrogens is 2. The summed E-state index contributed by atoms with van der Waals surface area (Å²) in [5.74, 6) is 0. The van der Waals surface area contributed by atoms with Crippen molar-refractivity contribution in [3.05, 3.63) is 109 Å². The molecule has 0 fully saturated rings. The Bertz CT molecular complexity index is 1720. The highest BCUT2D eigenvalue weighted by molar-refractivity contribution is 6.00. The molecule has 3 N–H and O–H groups in total. The number of pyridine rings is 2. The van der Waals surface area contributed by atoms with Gasteiger partial charge < -0.3 is 10.3 Å². The smallest absolute Gasteiger partial charge is 0.135 e. The normalized spacial score (nSPS) is 12.7. The van der Waals surface area contributed by atoms with Crippen LogP contribution in [0.25, 0.3) is 50.0 Å². The minimum atomic E-state index is 0.144. The summed E-state index contributed by atoms with van der Waals surface area (Å²) in [6.45, 7) is 16.8. The number of allylic oxidation sites excluding steroid dienone is 5. The first-order valence-corrected chi connectivity index (χ1v) is 13.1. The number of rotatable bonds is 8. The zero-order chi connectivity index (χ0) is 27.6. The molecule has 5 rings (SSSR count). The maximum absolute atomic E-state index is 5.04. The van der Waals surface area contributed by atoms with Gasteiger partial charge in [-0.3, -0.25) is 10.1 Å². The molecule has 0 amide bonds. The molecule has 0 saturated heterocycles. The first kappa shape index (κ1) is 25.9. The third-order valence-electron chi connectivity index (χ3n) is 6.50. The van der Waals surface area contributed by atoms with Gasteiger partial charge in [0.15, 0.2) is 0 Å². The minimum Gasteiger partial charge on any atom is -0.359 e. The molecule has 6 heteroatoms. The Morgan fingerprint density at radius 1 is 1.08 bits per heavy atom. The van der Waals surface area contributed by atoms with Crippen molar-refractivity contribution in [3.8, 4) is 22.5 Å². The molecule has 0 unspecified atom stereocenters. The molecule has 5 aromatic rings. The lowest BCUT2D eigenvalue weighted by Crippen LogP contribution is -2.16. The van der Waals surface area contributed by atoms with E-state index in [4.69, 9.17) is 4.98 Å². The van der Waals surface area contributed by atoms with Crippen LogP contribution in [0.1, 0.15) is 39.8 Å². The average molecular weight is 515 g/mol. The number of fused-ring (bicyclic) bond motifs is 2. The van der Waals surface area contributed by atoms with Crippen molar-refractivity contribution < 1.29 is 0 Å². The third-order valence-corrected chi connectivity index (χ3v) is 6.50. The van der Waals surface area contributed by atoms with Crippen molar-refractivity contribution in [1.82, 2.24) is 30.5 Å². The minimum absolute atomic E-state index is 0.144. The molecule has 0 saturated carbocycles. The second kappa shape index (κ2) is 10.6. The standard InChI is InChI=1S/C33H34N6/c1-7-22(17-24(8-2)35-21(3)19-33(4,5)6)27-14-15-29-31(37-27)32(39-38-29)30-18-26-25(12-9-13-28(26)36-30)23-11-10-16-34-20-23/h7-18,20,35-36H,2-3,19H2,1,4-6H3,(H,38,39)/b22-7+,24-17+. The first-order valence-electron chi connectivity index (χ1n) is 13.1. The Morgan fingerprint density at radius 2 is 1.92 bits per heavy atom. The Hall–Kier alpha value is -4.71. The quantitative estimate of drug-likeness (QED) is 0.182. The summed E-state index contributed by atoms with van der Waals surface area (Å²) in [7, 11) is 0. The zero-order valence-corrected chi connectivity index (χ0v) is 23.0. The van der Waals surface area contributed by atoms with E-state index >= 15 is 0 Å². The van der Waals surface area contributed by atoms with Crippen molar-refractivity contribution >= 4 is 27.5 Å². The summed E-state index contributed by atoms with van der Waals surface area (Å²) in [5, 5.41) is 12.3. The molecule has 4 heterocycles. The molecule has 0 aliphatic rings. The van der Waals surface area contributed by atoms with Gasteiger partial charge in [0.1, 0.15) is 11.2 Å². The molecular weight excluding hydrogens is 480 g/mol. The molecule has 0 aliphatic heterocycles. The maximum atomic E-state index is 5.04. The third kappa shape index (κ3) is 5.60. The van der Waals surface area contributed by atoms with Gasteiger partial charge in [-0.2, -0.15) is 5.10 Å². The van der Waals surface area contributed by atoms with Gasteiger partial charge in [0.05, 0.1) is 16.9 Å². The molecule has 0 spiro atoms. The van der Waals surface area contributed by atoms with Crippen LogP contribution >= 0.6 is 0 Å². The van der Waals surface area contributed by atoms with Crippen LogP contribution in [0.2, 0.25) is 0 Å². The number of benzene rings is 1. The van der Waals surface area contributed by atoms with E-state index in [0.717, 1.165) is 73.5 Å². The Labute approximate surface area is 229 Å². The van der Waals surface area contributed by atoms with Gasteiger partial charge in [-0.25, -0.2) is 4.98 Å². The molecule has 0 aliphatic carbocycles. The van der Waals surface area contributed by atoms with Crippen LogP contribution in [0.15, 0.2) is 104 Å². The van der Waals surface area contributed by atoms with Gasteiger partial charge >= 0.3 is 0 Å². The van der Waals surface area contributed by atoms with Gasteiger partial charge in [-0.05, 0) is 72.4 Å². The number of hydrogen-bond donors (Lipinski definition) is 3. The van der Waals surface area contributed by atoms with Crippen LogP contribution in [0.5, 0.6) is 0 Å². The lowest BCUT2D eigenvalue weighted by atomic mass is 9.91. The Morgan fingerprint density at radius 3 is 2.64 bits per heavy atom. The number of nitrogens with one attached hydrogen (secondary N) is 3. The van der Waals surface area contributed by atoms with Crippen LogP contribution < -0.4 is 5.32 Å². The number of nitrogens with zero attached hydrogens (tertiary/aromatic N) is 3. The van der Waals surface area contributed by atoms with Gasteiger partial charge in [-0.15, -0.1) is 0 Å². The topological polar surface area (TPSA) is 82.3 Å². The summed E-state index contributed by atoms with van der Waals surface area (Å²) in [5.41, 5.74) is 10.4. The fourth-order valence-electron chi connectivity index (χ4n) is 4.81.